The fraction of sp³-hybridized carbons (Fsp3) is 0.500. The van der Waals surface area contributed by atoms with Gasteiger partial charge in [-0.15, -0.1) is 11.3 Å². The maximum Gasteiger partial charge on any atom is 0.262 e. The third kappa shape index (κ3) is 5.24. The van der Waals surface area contributed by atoms with E-state index in [1.807, 2.05) is 20.8 Å². The predicted octanol–water partition coefficient (Wildman–Crippen LogP) is 3.31. The highest BCUT2D eigenvalue weighted by molar-refractivity contribution is 9.13. The lowest BCUT2D eigenvalue weighted by Crippen LogP contribution is -2.50. The van der Waals surface area contributed by atoms with E-state index in [1.165, 1.54) is 11.3 Å². The van der Waals surface area contributed by atoms with Gasteiger partial charge in [-0.3, -0.25) is 9.59 Å². The second-order valence-electron chi connectivity index (χ2n) is 5.17. The van der Waals surface area contributed by atoms with Crippen molar-refractivity contribution in [2.45, 2.75) is 39.3 Å². The molecular weight excluding hydrogens is 396 g/mol. The summed E-state index contributed by atoms with van der Waals surface area (Å²) in [4.78, 5) is 24.4. The molecule has 1 rings (SSSR count). The average molecular weight is 412 g/mol. The number of thiophene rings is 1. The van der Waals surface area contributed by atoms with E-state index in [0.717, 1.165) is 8.26 Å². The number of halogens is 2. The normalized spacial score (nSPS) is 12.9. The molecule has 0 bridgehead atoms. The molecule has 2 amide bonds. The highest BCUT2D eigenvalue weighted by atomic mass is 79.9. The molecule has 1 unspecified atom stereocenters. The SMILES string of the molecule is CC(NC(=O)c1cc(Br)c(Br)s1)C(=O)NC(C)(C)C. The van der Waals surface area contributed by atoms with Crippen LogP contribution >= 0.6 is 43.2 Å². The number of amides is 2. The van der Waals surface area contributed by atoms with Crippen molar-refractivity contribution in [1.82, 2.24) is 10.6 Å². The number of hydrogen-bond donors (Lipinski definition) is 2. The van der Waals surface area contributed by atoms with E-state index >= 15 is 0 Å². The van der Waals surface area contributed by atoms with Gasteiger partial charge in [0.1, 0.15) is 6.04 Å². The van der Waals surface area contributed by atoms with Gasteiger partial charge in [-0.05, 0) is 65.6 Å². The summed E-state index contributed by atoms with van der Waals surface area (Å²) in [5.74, 6) is -0.455. The standard InChI is InChI=1S/C12H16Br2N2O2S/c1-6(10(17)16-12(2,3)4)15-11(18)8-5-7(13)9(14)19-8/h5-6H,1-4H3,(H,15,18)(H,16,17). The molecule has 106 valence electrons. The summed E-state index contributed by atoms with van der Waals surface area (Å²) in [6.07, 6.45) is 0. The Bertz CT molecular complexity index is 475. The third-order valence-corrected chi connectivity index (χ3v) is 5.36. The van der Waals surface area contributed by atoms with Crippen LogP contribution in [0.4, 0.5) is 0 Å². The Balaban J connectivity index is 2.64. The zero-order chi connectivity index (χ0) is 14.8. The summed E-state index contributed by atoms with van der Waals surface area (Å²) in [6.45, 7) is 7.35. The van der Waals surface area contributed by atoms with Gasteiger partial charge in [-0.2, -0.15) is 0 Å². The van der Waals surface area contributed by atoms with E-state index in [2.05, 4.69) is 42.5 Å². The van der Waals surface area contributed by atoms with Crippen LogP contribution in [0.1, 0.15) is 37.4 Å². The molecule has 4 nitrogen and oxygen atoms in total. The molecule has 7 heteroatoms. The Labute approximate surface area is 133 Å². The van der Waals surface area contributed by atoms with Crippen LogP contribution < -0.4 is 10.6 Å². The summed E-state index contributed by atoms with van der Waals surface area (Å²) in [6, 6.07) is 1.14. The first-order valence-electron chi connectivity index (χ1n) is 5.68. The number of carbonyl (C=O) groups excluding carboxylic acids is 2. The summed E-state index contributed by atoms with van der Waals surface area (Å²) in [7, 11) is 0. The summed E-state index contributed by atoms with van der Waals surface area (Å²) >= 11 is 7.97. The van der Waals surface area contributed by atoms with Crippen molar-refractivity contribution in [2.75, 3.05) is 0 Å². The van der Waals surface area contributed by atoms with Gasteiger partial charge in [0.05, 0.1) is 8.66 Å². The van der Waals surface area contributed by atoms with Crippen molar-refractivity contribution >= 4 is 55.0 Å². The minimum atomic E-state index is -0.577. The first-order valence-corrected chi connectivity index (χ1v) is 8.08. The van der Waals surface area contributed by atoms with Gasteiger partial charge in [0.2, 0.25) is 5.91 Å². The predicted molar refractivity (Wildman–Crippen MR) is 84.5 cm³/mol. The van der Waals surface area contributed by atoms with E-state index in [1.54, 1.807) is 13.0 Å². The molecule has 2 N–H and O–H groups in total. The Hall–Kier alpha value is -0.400. The Morgan fingerprint density at radius 3 is 2.32 bits per heavy atom. The summed E-state index contributed by atoms with van der Waals surface area (Å²) in [5.41, 5.74) is -0.314. The monoisotopic (exact) mass is 410 g/mol. The van der Waals surface area contributed by atoms with Crippen molar-refractivity contribution in [3.8, 4) is 0 Å². The van der Waals surface area contributed by atoms with Crippen LogP contribution in [0.25, 0.3) is 0 Å². The van der Waals surface area contributed by atoms with Crippen LogP contribution in [0, 0.1) is 0 Å². The van der Waals surface area contributed by atoms with Crippen molar-refractivity contribution < 1.29 is 9.59 Å². The fourth-order valence-corrected chi connectivity index (χ4v) is 3.21. The van der Waals surface area contributed by atoms with Gasteiger partial charge in [-0.1, -0.05) is 0 Å². The van der Waals surface area contributed by atoms with Crippen molar-refractivity contribution in [1.29, 1.82) is 0 Å². The Kier molecular flexibility index (Phi) is 5.58. The fourth-order valence-electron chi connectivity index (χ4n) is 1.27. The minimum Gasteiger partial charge on any atom is -0.350 e. The highest BCUT2D eigenvalue weighted by Gasteiger charge is 2.22. The molecule has 0 saturated heterocycles. The van der Waals surface area contributed by atoms with Gasteiger partial charge in [0.25, 0.3) is 5.91 Å². The topological polar surface area (TPSA) is 58.2 Å². The molecule has 0 aliphatic carbocycles. The van der Waals surface area contributed by atoms with Gasteiger partial charge in [0.15, 0.2) is 0 Å². The first-order chi connectivity index (χ1) is 8.60. The second-order valence-corrected chi connectivity index (χ2v) is 8.39. The second kappa shape index (κ2) is 6.37. The quantitative estimate of drug-likeness (QED) is 0.801. The van der Waals surface area contributed by atoms with E-state index in [9.17, 15) is 9.59 Å². The molecule has 0 radical (unpaired) electrons. The lowest BCUT2D eigenvalue weighted by molar-refractivity contribution is -0.124. The van der Waals surface area contributed by atoms with Gasteiger partial charge < -0.3 is 10.6 Å². The minimum absolute atomic E-state index is 0.199. The molecule has 1 aromatic rings. The number of hydrogen-bond acceptors (Lipinski definition) is 3. The largest absolute Gasteiger partial charge is 0.350 e. The van der Waals surface area contributed by atoms with Crippen molar-refractivity contribution in [2.24, 2.45) is 0 Å². The first kappa shape index (κ1) is 16.7. The molecule has 0 aliphatic heterocycles. The highest BCUT2D eigenvalue weighted by Crippen LogP contribution is 2.32. The molecule has 0 spiro atoms. The molecule has 0 fully saturated rings. The maximum atomic E-state index is 12.0. The molecule has 1 atom stereocenters. The van der Waals surface area contributed by atoms with E-state index in [0.29, 0.717) is 4.88 Å². The molecule has 0 aromatic carbocycles. The lowest BCUT2D eigenvalue weighted by atomic mass is 10.1. The van der Waals surface area contributed by atoms with Crippen LogP contribution in [-0.2, 0) is 4.79 Å². The molecule has 0 saturated carbocycles. The van der Waals surface area contributed by atoms with Crippen molar-refractivity contribution in [3.63, 3.8) is 0 Å². The number of rotatable bonds is 3. The molecule has 1 aromatic heterocycles. The zero-order valence-electron chi connectivity index (χ0n) is 11.1. The van der Waals surface area contributed by atoms with Crippen LogP contribution in [-0.4, -0.2) is 23.4 Å². The van der Waals surface area contributed by atoms with Gasteiger partial charge in [0, 0.05) is 10.0 Å². The summed E-state index contributed by atoms with van der Waals surface area (Å²) in [5, 5.41) is 5.50. The maximum absolute atomic E-state index is 12.0. The lowest BCUT2D eigenvalue weighted by Gasteiger charge is -2.23. The van der Waals surface area contributed by atoms with Crippen LogP contribution in [0.2, 0.25) is 0 Å². The molecule has 0 aliphatic rings. The van der Waals surface area contributed by atoms with Gasteiger partial charge in [-0.25, -0.2) is 0 Å². The zero-order valence-corrected chi connectivity index (χ0v) is 15.1. The van der Waals surface area contributed by atoms with Crippen LogP contribution in [0.15, 0.2) is 14.3 Å². The summed E-state index contributed by atoms with van der Waals surface area (Å²) < 4.78 is 1.68. The van der Waals surface area contributed by atoms with E-state index in [-0.39, 0.29) is 17.4 Å². The smallest absolute Gasteiger partial charge is 0.262 e. The van der Waals surface area contributed by atoms with Crippen LogP contribution in [0.5, 0.6) is 0 Å². The Morgan fingerprint density at radius 2 is 1.89 bits per heavy atom. The average Bonchev–Trinajstić information content (AvgIpc) is 2.56. The number of carbonyl (C=O) groups is 2. The third-order valence-electron chi connectivity index (χ3n) is 2.11. The van der Waals surface area contributed by atoms with E-state index < -0.39 is 6.04 Å². The number of nitrogens with one attached hydrogen (secondary N) is 2. The molecular formula is C12H16Br2N2O2S. The van der Waals surface area contributed by atoms with Gasteiger partial charge >= 0.3 is 0 Å². The Morgan fingerprint density at radius 1 is 1.32 bits per heavy atom. The molecule has 1 heterocycles. The van der Waals surface area contributed by atoms with Crippen LogP contribution in [0.3, 0.4) is 0 Å². The molecule has 19 heavy (non-hydrogen) atoms. The van der Waals surface area contributed by atoms with Crippen molar-refractivity contribution in [3.05, 3.63) is 19.2 Å². The van der Waals surface area contributed by atoms with E-state index in [4.69, 9.17) is 0 Å².